The molecule has 0 aliphatic rings. The molecule has 3 rings (SSSR count). The number of nitrogens with one attached hydrogen (secondary N) is 1. The maximum absolute atomic E-state index is 12.9. The molecule has 3 aromatic carbocycles. The van der Waals surface area contributed by atoms with Gasteiger partial charge in [-0.3, -0.25) is 4.79 Å². The van der Waals surface area contributed by atoms with E-state index in [0.717, 1.165) is 11.1 Å². The van der Waals surface area contributed by atoms with Gasteiger partial charge in [-0.25, -0.2) is 9.82 Å². The molecule has 0 atom stereocenters. The Morgan fingerprint density at radius 3 is 2.42 bits per heavy atom. The van der Waals surface area contributed by atoms with Crippen LogP contribution in [0.25, 0.3) is 0 Å². The molecule has 0 aliphatic heterocycles. The number of amides is 1. The number of hydrogen-bond donors (Lipinski definition) is 1. The second-order valence-corrected chi connectivity index (χ2v) is 6.48. The summed E-state index contributed by atoms with van der Waals surface area (Å²) in [4.78, 5) is 12.3. The van der Waals surface area contributed by atoms with Crippen LogP contribution in [-0.4, -0.2) is 25.8 Å². The molecule has 31 heavy (non-hydrogen) atoms. The standard InChI is InChI=1S/C24H23FN2O4/c1-3-30-23-14-19(8-13-22(23)29-2)24(28)27-26-15-17-6-11-21(12-7-17)31-16-18-4-9-20(25)10-5-18/h4-15H,3,16H2,1-2H3,(H,27,28)/b26-15+. The van der Waals surface area contributed by atoms with Gasteiger partial charge in [0.05, 0.1) is 19.9 Å². The molecule has 3 aromatic rings. The van der Waals surface area contributed by atoms with Crippen molar-refractivity contribution in [3.63, 3.8) is 0 Å². The molecular weight excluding hydrogens is 399 g/mol. The van der Waals surface area contributed by atoms with Gasteiger partial charge in [0.2, 0.25) is 0 Å². The van der Waals surface area contributed by atoms with Crippen molar-refractivity contribution in [2.75, 3.05) is 13.7 Å². The Labute approximate surface area is 180 Å². The first kappa shape index (κ1) is 21.8. The molecule has 1 amide bonds. The first-order valence-corrected chi connectivity index (χ1v) is 9.70. The van der Waals surface area contributed by atoms with Gasteiger partial charge in [0.25, 0.3) is 5.91 Å². The van der Waals surface area contributed by atoms with Crippen molar-refractivity contribution in [3.05, 3.63) is 89.2 Å². The fourth-order valence-electron chi connectivity index (χ4n) is 2.71. The monoisotopic (exact) mass is 422 g/mol. The Balaban J connectivity index is 1.54. The van der Waals surface area contributed by atoms with Crippen LogP contribution in [0.15, 0.2) is 71.8 Å². The Kier molecular flexibility index (Phi) is 7.59. The van der Waals surface area contributed by atoms with Crippen LogP contribution in [0, 0.1) is 5.82 Å². The van der Waals surface area contributed by atoms with Crippen molar-refractivity contribution in [1.29, 1.82) is 0 Å². The number of benzene rings is 3. The SMILES string of the molecule is CCOc1cc(C(=O)N/N=C/c2ccc(OCc3ccc(F)cc3)cc2)ccc1OC. The number of halogens is 1. The summed E-state index contributed by atoms with van der Waals surface area (Å²) in [7, 11) is 1.54. The summed E-state index contributed by atoms with van der Waals surface area (Å²) in [5, 5.41) is 3.99. The van der Waals surface area contributed by atoms with E-state index in [1.807, 2.05) is 19.1 Å². The maximum atomic E-state index is 12.9. The lowest BCUT2D eigenvalue weighted by molar-refractivity contribution is 0.0954. The van der Waals surface area contributed by atoms with Gasteiger partial charge in [0.15, 0.2) is 11.5 Å². The Bertz CT molecular complexity index is 1030. The second kappa shape index (κ2) is 10.8. The molecule has 6 nitrogen and oxygen atoms in total. The molecule has 7 heteroatoms. The van der Waals surface area contributed by atoms with Gasteiger partial charge in [-0.05, 0) is 72.6 Å². The van der Waals surface area contributed by atoms with Crippen LogP contribution in [0.2, 0.25) is 0 Å². The lowest BCUT2D eigenvalue weighted by Gasteiger charge is -2.10. The van der Waals surface area contributed by atoms with E-state index in [9.17, 15) is 9.18 Å². The van der Waals surface area contributed by atoms with Gasteiger partial charge in [0.1, 0.15) is 18.2 Å². The zero-order chi connectivity index (χ0) is 22.1. The summed E-state index contributed by atoms with van der Waals surface area (Å²) >= 11 is 0. The molecule has 0 saturated carbocycles. The molecule has 0 bridgehead atoms. The van der Waals surface area contributed by atoms with Crippen LogP contribution < -0.4 is 19.6 Å². The predicted octanol–water partition coefficient (Wildman–Crippen LogP) is 4.58. The van der Waals surface area contributed by atoms with E-state index in [4.69, 9.17) is 14.2 Å². The van der Waals surface area contributed by atoms with Gasteiger partial charge < -0.3 is 14.2 Å². The fraction of sp³-hybridized carbons (Fsp3) is 0.167. The van der Waals surface area contributed by atoms with Crippen molar-refractivity contribution in [2.45, 2.75) is 13.5 Å². The Morgan fingerprint density at radius 2 is 1.74 bits per heavy atom. The van der Waals surface area contributed by atoms with Crippen LogP contribution >= 0.6 is 0 Å². The van der Waals surface area contributed by atoms with Gasteiger partial charge in [-0.2, -0.15) is 5.10 Å². The molecule has 1 N–H and O–H groups in total. The van der Waals surface area contributed by atoms with Crippen LogP contribution in [0.5, 0.6) is 17.2 Å². The van der Waals surface area contributed by atoms with Crippen LogP contribution in [0.1, 0.15) is 28.4 Å². The highest BCUT2D eigenvalue weighted by atomic mass is 19.1. The van der Waals surface area contributed by atoms with Crippen molar-refractivity contribution >= 4 is 12.1 Å². The lowest BCUT2D eigenvalue weighted by atomic mass is 10.2. The zero-order valence-corrected chi connectivity index (χ0v) is 17.3. The number of nitrogens with zero attached hydrogens (tertiary/aromatic N) is 1. The molecule has 0 spiro atoms. The normalized spacial score (nSPS) is 10.7. The number of methoxy groups -OCH3 is 1. The van der Waals surface area contributed by atoms with Gasteiger partial charge in [0, 0.05) is 5.56 Å². The molecule has 0 heterocycles. The summed E-state index contributed by atoms with van der Waals surface area (Å²) in [6.45, 7) is 2.66. The van der Waals surface area contributed by atoms with Gasteiger partial charge in [-0.15, -0.1) is 0 Å². The van der Waals surface area contributed by atoms with E-state index in [1.54, 1.807) is 49.6 Å². The van der Waals surface area contributed by atoms with Gasteiger partial charge in [-0.1, -0.05) is 12.1 Å². The topological polar surface area (TPSA) is 69.2 Å². The first-order chi connectivity index (χ1) is 15.1. The number of ether oxygens (including phenoxy) is 3. The van der Waals surface area contributed by atoms with E-state index in [1.165, 1.54) is 18.3 Å². The highest BCUT2D eigenvalue weighted by molar-refractivity contribution is 5.95. The average Bonchev–Trinajstić information content (AvgIpc) is 2.79. The molecule has 0 radical (unpaired) electrons. The van der Waals surface area contributed by atoms with Crippen molar-refractivity contribution in [2.24, 2.45) is 5.10 Å². The third kappa shape index (κ3) is 6.30. The zero-order valence-electron chi connectivity index (χ0n) is 17.3. The Morgan fingerprint density at radius 1 is 1.00 bits per heavy atom. The summed E-state index contributed by atoms with van der Waals surface area (Å²) in [6, 6.07) is 18.3. The minimum Gasteiger partial charge on any atom is -0.493 e. The summed E-state index contributed by atoms with van der Waals surface area (Å²) in [6.07, 6.45) is 1.54. The number of rotatable bonds is 9. The van der Waals surface area contributed by atoms with Crippen LogP contribution in [-0.2, 0) is 6.61 Å². The molecule has 0 unspecified atom stereocenters. The number of carbonyl (C=O) groups excluding carboxylic acids is 1. The summed E-state index contributed by atoms with van der Waals surface area (Å²) < 4.78 is 29.3. The average molecular weight is 422 g/mol. The Hall–Kier alpha value is -3.87. The van der Waals surface area contributed by atoms with Crippen molar-refractivity contribution < 1.29 is 23.4 Å². The highest BCUT2D eigenvalue weighted by Gasteiger charge is 2.10. The number of hydrogen-bond acceptors (Lipinski definition) is 5. The number of hydrazone groups is 1. The van der Waals surface area contributed by atoms with Crippen molar-refractivity contribution in [3.8, 4) is 17.2 Å². The molecule has 0 saturated heterocycles. The third-order valence-electron chi connectivity index (χ3n) is 4.30. The largest absolute Gasteiger partial charge is 0.493 e. The predicted molar refractivity (Wildman–Crippen MR) is 116 cm³/mol. The fourth-order valence-corrected chi connectivity index (χ4v) is 2.71. The summed E-state index contributed by atoms with van der Waals surface area (Å²) in [5.74, 6) is 1.09. The van der Waals surface area contributed by atoms with E-state index < -0.39 is 0 Å². The van der Waals surface area contributed by atoms with Crippen LogP contribution in [0.3, 0.4) is 0 Å². The molecule has 0 aromatic heterocycles. The minimum atomic E-state index is -0.362. The smallest absolute Gasteiger partial charge is 0.271 e. The van der Waals surface area contributed by atoms with Crippen LogP contribution in [0.4, 0.5) is 4.39 Å². The molecular formula is C24H23FN2O4. The first-order valence-electron chi connectivity index (χ1n) is 9.70. The summed E-state index contributed by atoms with van der Waals surface area (Å²) in [5.41, 5.74) is 4.57. The molecule has 0 fully saturated rings. The van der Waals surface area contributed by atoms with E-state index >= 15 is 0 Å². The van der Waals surface area contributed by atoms with Gasteiger partial charge >= 0.3 is 0 Å². The quantitative estimate of drug-likeness (QED) is 0.405. The third-order valence-corrected chi connectivity index (χ3v) is 4.30. The lowest BCUT2D eigenvalue weighted by Crippen LogP contribution is -2.17. The second-order valence-electron chi connectivity index (χ2n) is 6.48. The van der Waals surface area contributed by atoms with Crippen molar-refractivity contribution in [1.82, 2.24) is 5.43 Å². The molecule has 0 aliphatic carbocycles. The van der Waals surface area contributed by atoms with E-state index in [2.05, 4.69) is 10.5 Å². The minimum absolute atomic E-state index is 0.277. The maximum Gasteiger partial charge on any atom is 0.271 e. The number of carbonyl (C=O) groups is 1. The van der Waals surface area contributed by atoms with E-state index in [-0.39, 0.29) is 11.7 Å². The highest BCUT2D eigenvalue weighted by Crippen LogP contribution is 2.28. The van der Waals surface area contributed by atoms with E-state index in [0.29, 0.717) is 36.0 Å². The molecule has 160 valence electrons.